The van der Waals surface area contributed by atoms with E-state index < -0.39 is 0 Å². The molecule has 0 amide bonds. The lowest BCUT2D eigenvalue weighted by Gasteiger charge is -2.21. The Hall–Kier alpha value is -6.57. The lowest BCUT2D eigenvalue weighted by molar-refractivity contribution is 0.590. The number of hydrogen-bond donors (Lipinski definition) is 0. The van der Waals surface area contributed by atoms with E-state index in [9.17, 15) is 6.57 Å². The molecular formula is C59H57N3O. The Balaban J connectivity index is 1.43. The predicted molar refractivity (Wildman–Crippen MR) is 269 cm³/mol. The Morgan fingerprint density at radius 1 is 0.413 bits per heavy atom. The fourth-order valence-electron chi connectivity index (χ4n) is 9.64. The average molecular weight is 824 g/mol. The van der Waals surface area contributed by atoms with Gasteiger partial charge in [-0.3, -0.25) is 0 Å². The van der Waals surface area contributed by atoms with Gasteiger partial charge in [-0.25, -0.2) is 4.85 Å². The summed E-state index contributed by atoms with van der Waals surface area (Å²) in [5, 5.41) is 6.66. The molecule has 0 N–H and O–H groups in total. The Bertz CT molecular complexity index is 3390. The van der Waals surface area contributed by atoms with Crippen molar-refractivity contribution in [3.05, 3.63) is 161 Å². The summed E-state index contributed by atoms with van der Waals surface area (Å²) in [5.74, 6) is 0. The first-order valence-corrected chi connectivity index (χ1v) is 22.4. The Morgan fingerprint density at radius 3 is 1.25 bits per heavy atom. The Morgan fingerprint density at radius 2 is 0.841 bits per heavy atom. The molecule has 63 heavy (non-hydrogen) atoms. The van der Waals surface area contributed by atoms with Crippen LogP contribution >= 0.6 is 0 Å². The number of nitrogens with zero attached hydrogens (tertiary/aromatic N) is 3. The van der Waals surface area contributed by atoms with Crippen LogP contribution in [0.3, 0.4) is 0 Å². The summed E-state index contributed by atoms with van der Waals surface area (Å²) in [5.41, 5.74) is 14.9. The van der Waals surface area contributed by atoms with E-state index in [1.807, 2.05) is 6.07 Å². The molecule has 0 saturated carbocycles. The molecule has 0 unspecified atom stereocenters. The maximum atomic E-state index is 9.19. The first-order chi connectivity index (χ1) is 29.7. The minimum Gasteiger partial charge on any atom is -0.466 e. The number of rotatable bonds is 3. The highest BCUT2D eigenvalue weighted by Crippen LogP contribution is 2.49. The fraction of sp³-hybridized carbons (Fsp3) is 0.271. The van der Waals surface area contributed by atoms with Crippen molar-refractivity contribution in [1.82, 2.24) is 9.13 Å². The van der Waals surface area contributed by atoms with Crippen molar-refractivity contribution in [2.75, 3.05) is 0 Å². The molecule has 0 bridgehead atoms. The molecule has 10 rings (SSSR count). The van der Waals surface area contributed by atoms with E-state index in [4.69, 9.17) is 4.42 Å². The highest BCUT2D eigenvalue weighted by atomic mass is 16.3. The van der Waals surface area contributed by atoms with Gasteiger partial charge >= 0.3 is 0 Å². The zero-order valence-corrected chi connectivity index (χ0v) is 38.9. The van der Waals surface area contributed by atoms with Crippen molar-refractivity contribution in [3.63, 3.8) is 0 Å². The quantitative estimate of drug-likeness (QED) is 0.163. The minimum atomic E-state index is -0.0540. The summed E-state index contributed by atoms with van der Waals surface area (Å²) < 4.78 is 11.9. The van der Waals surface area contributed by atoms with Crippen LogP contribution in [0.1, 0.15) is 105 Å². The minimum absolute atomic E-state index is 0.0431. The smallest absolute Gasteiger partial charge is 0.254 e. The van der Waals surface area contributed by atoms with Gasteiger partial charge in [-0.15, -0.1) is 0 Å². The highest BCUT2D eigenvalue weighted by Gasteiger charge is 2.30. The lowest BCUT2D eigenvalue weighted by Crippen LogP contribution is -2.11. The standard InChI is InChI=1S/C59H57N3O/c1-56(2,3)36-22-26-47-42(30-36)43-31-37(57(4,5)6)23-27-48(43)61(47)51-34-46-41-21-17-20-40(35-18-15-14-16-19-35)54(41)63-55(46)52(60-13)53(51)62-49-28-24-38(58(7,8)9)32-44(49)45-33-39(59(10,11)12)25-29-50(45)62/h14-34H,1-12H3. The molecule has 3 aromatic heterocycles. The van der Waals surface area contributed by atoms with Gasteiger partial charge in [0.25, 0.3) is 5.69 Å². The van der Waals surface area contributed by atoms with Crippen LogP contribution in [0.4, 0.5) is 5.69 Å². The third-order valence-electron chi connectivity index (χ3n) is 13.4. The molecule has 3 heterocycles. The second-order valence-electron chi connectivity index (χ2n) is 21.8. The second kappa shape index (κ2) is 13.7. The molecule has 10 aromatic rings. The highest BCUT2D eigenvalue weighted by molar-refractivity contribution is 6.18. The third-order valence-corrected chi connectivity index (χ3v) is 13.4. The van der Waals surface area contributed by atoms with Gasteiger partial charge in [-0.2, -0.15) is 0 Å². The summed E-state index contributed by atoms with van der Waals surface area (Å²) in [6, 6.07) is 46.9. The normalized spacial score (nSPS) is 13.1. The van der Waals surface area contributed by atoms with Gasteiger partial charge in [0.15, 0.2) is 0 Å². The molecular weight excluding hydrogens is 767 g/mol. The summed E-state index contributed by atoms with van der Waals surface area (Å²) in [4.78, 5) is 4.53. The Kier molecular flexibility index (Phi) is 8.82. The molecule has 314 valence electrons. The topological polar surface area (TPSA) is 27.4 Å². The maximum absolute atomic E-state index is 9.19. The molecule has 0 aliphatic heterocycles. The van der Waals surface area contributed by atoms with Crippen LogP contribution in [0.2, 0.25) is 0 Å². The van der Waals surface area contributed by atoms with Crippen LogP contribution in [-0.4, -0.2) is 9.13 Å². The number of hydrogen-bond acceptors (Lipinski definition) is 1. The number of benzene rings is 7. The molecule has 0 spiro atoms. The van der Waals surface area contributed by atoms with E-state index in [2.05, 4.69) is 218 Å². The van der Waals surface area contributed by atoms with Crippen molar-refractivity contribution in [2.45, 2.75) is 105 Å². The summed E-state index contributed by atoms with van der Waals surface area (Å²) in [6.45, 7) is 36.6. The van der Waals surface area contributed by atoms with Crippen molar-refractivity contribution in [1.29, 1.82) is 0 Å². The van der Waals surface area contributed by atoms with E-state index in [0.717, 1.165) is 60.9 Å². The number of aromatic nitrogens is 2. The molecule has 4 heteroatoms. The van der Waals surface area contributed by atoms with Crippen LogP contribution in [0, 0.1) is 6.57 Å². The molecule has 0 saturated heterocycles. The SMILES string of the molecule is [C-]#[N+]c1c(-n2c3ccc(C(C)(C)C)cc3c3cc(C(C)(C)C)ccc32)c(-n2c3ccc(C(C)(C)C)cc3c3cc(C(C)(C)C)ccc32)cc2c1oc1c(-c3ccccc3)cccc12. The van der Waals surface area contributed by atoms with Crippen LogP contribution in [0.5, 0.6) is 0 Å². The monoisotopic (exact) mass is 823 g/mol. The van der Waals surface area contributed by atoms with Gasteiger partial charge in [0.1, 0.15) is 11.2 Å². The molecule has 7 aromatic carbocycles. The number of para-hydroxylation sites is 1. The van der Waals surface area contributed by atoms with Crippen LogP contribution in [0.25, 0.3) is 92.9 Å². The lowest BCUT2D eigenvalue weighted by atomic mass is 9.85. The molecule has 0 aliphatic rings. The largest absolute Gasteiger partial charge is 0.466 e. The van der Waals surface area contributed by atoms with Crippen molar-refractivity contribution >= 4 is 71.2 Å². The maximum Gasteiger partial charge on any atom is 0.254 e. The molecule has 4 nitrogen and oxygen atoms in total. The second-order valence-corrected chi connectivity index (χ2v) is 21.8. The fourth-order valence-corrected chi connectivity index (χ4v) is 9.64. The predicted octanol–water partition coefficient (Wildman–Crippen LogP) is 17.2. The van der Waals surface area contributed by atoms with Crippen molar-refractivity contribution in [3.8, 4) is 22.5 Å². The number of furan rings is 1. The zero-order chi connectivity index (χ0) is 44.5. The van der Waals surface area contributed by atoms with E-state index in [0.29, 0.717) is 11.3 Å². The van der Waals surface area contributed by atoms with Crippen LogP contribution in [0.15, 0.2) is 132 Å². The van der Waals surface area contributed by atoms with Gasteiger partial charge in [0.05, 0.1) is 40.0 Å². The van der Waals surface area contributed by atoms with Gasteiger partial charge in [-0.1, -0.05) is 156 Å². The summed E-state index contributed by atoms with van der Waals surface area (Å²) in [6.07, 6.45) is 0. The summed E-state index contributed by atoms with van der Waals surface area (Å²) >= 11 is 0. The molecule has 0 fully saturated rings. The summed E-state index contributed by atoms with van der Waals surface area (Å²) in [7, 11) is 0. The van der Waals surface area contributed by atoms with Gasteiger partial charge < -0.3 is 13.6 Å². The average Bonchev–Trinajstić information content (AvgIpc) is 3.88. The van der Waals surface area contributed by atoms with Gasteiger partial charge in [0.2, 0.25) is 0 Å². The molecule has 0 aliphatic carbocycles. The first kappa shape index (κ1) is 40.5. The van der Waals surface area contributed by atoms with Crippen LogP contribution in [-0.2, 0) is 21.7 Å². The zero-order valence-electron chi connectivity index (χ0n) is 38.9. The number of fused-ring (bicyclic) bond motifs is 9. The Labute approximate surface area is 371 Å². The first-order valence-electron chi connectivity index (χ1n) is 22.4. The third kappa shape index (κ3) is 6.38. The van der Waals surface area contributed by atoms with Crippen molar-refractivity contribution in [2.24, 2.45) is 0 Å². The molecule has 0 atom stereocenters. The van der Waals surface area contributed by atoms with Gasteiger partial charge in [-0.05, 0) is 104 Å². The molecule has 0 radical (unpaired) electrons. The van der Waals surface area contributed by atoms with E-state index in [1.54, 1.807) is 0 Å². The van der Waals surface area contributed by atoms with Crippen molar-refractivity contribution < 1.29 is 4.42 Å². The van der Waals surface area contributed by atoms with E-state index in [-0.39, 0.29) is 21.7 Å². The van der Waals surface area contributed by atoms with Crippen LogP contribution < -0.4 is 0 Å². The van der Waals surface area contributed by atoms with E-state index in [1.165, 1.54) is 43.8 Å². The van der Waals surface area contributed by atoms with E-state index >= 15 is 0 Å². The van der Waals surface area contributed by atoms with Gasteiger partial charge in [0, 0.05) is 37.9 Å².